The quantitative estimate of drug-likeness (QED) is 0.692. The van der Waals surface area contributed by atoms with E-state index in [9.17, 15) is 4.79 Å². The smallest absolute Gasteiger partial charge is 0.306 e. The van der Waals surface area contributed by atoms with E-state index in [1.165, 1.54) is 0 Å². The minimum absolute atomic E-state index is 0.0763. The fourth-order valence-electron chi connectivity index (χ4n) is 2.26. The minimum atomic E-state index is -0.391. The standard InChI is InChI=1S/C13H16O2/c1-10(2)13(9-8-12(14)15-13)11-6-4-3-5-7-11/h3-7,10H,8-9H2,1-2H3. The van der Waals surface area contributed by atoms with Crippen molar-refractivity contribution in [2.45, 2.75) is 32.3 Å². The molecule has 1 unspecified atom stereocenters. The van der Waals surface area contributed by atoms with Crippen molar-refractivity contribution >= 4 is 5.97 Å². The Hall–Kier alpha value is -1.31. The average Bonchev–Trinajstić information content (AvgIpc) is 2.63. The molecule has 0 bridgehead atoms. The lowest BCUT2D eigenvalue weighted by molar-refractivity contribution is -0.153. The number of esters is 1. The normalized spacial score (nSPS) is 25.7. The van der Waals surface area contributed by atoms with Crippen LogP contribution in [0.25, 0.3) is 0 Å². The molecular formula is C13H16O2. The van der Waals surface area contributed by atoms with Gasteiger partial charge in [0.1, 0.15) is 5.60 Å². The van der Waals surface area contributed by atoms with Gasteiger partial charge < -0.3 is 4.74 Å². The SMILES string of the molecule is CC(C)C1(c2ccccc2)CCC(=O)O1. The lowest BCUT2D eigenvalue weighted by Gasteiger charge is -2.32. The van der Waals surface area contributed by atoms with E-state index in [1.807, 2.05) is 30.3 Å². The van der Waals surface area contributed by atoms with Crippen LogP contribution in [0.1, 0.15) is 32.3 Å². The summed E-state index contributed by atoms with van der Waals surface area (Å²) in [6.45, 7) is 4.21. The van der Waals surface area contributed by atoms with Gasteiger partial charge in [-0.1, -0.05) is 44.2 Å². The number of ether oxygens (including phenoxy) is 1. The van der Waals surface area contributed by atoms with Crippen molar-refractivity contribution in [2.24, 2.45) is 5.92 Å². The molecule has 1 aromatic rings. The molecule has 0 aromatic heterocycles. The molecule has 0 N–H and O–H groups in total. The molecule has 0 radical (unpaired) electrons. The van der Waals surface area contributed by atoms with E-state index in [1.54, 1.807) is 0 Å². The Balaban J connectivity index is 2.40. The summed E-state index contributed by atoms with van der Waals surface area (Å²) in [6.07, 6.45) is 1.33. The van der Waals surface area contributed by atoms with Crippen molar-refractivity contribution in [3.63, 3.8) is 0 Å². The molecule has 1 heterocycles. The molecule has 0 amide bonds. The van der Waals surface area contributed by atoms with Gasteiger partial charge in [0.15, 0.2) is 0 Å². The molecule has 0 saturated carbocycles. The van der Waals surface area contributed by atoms with Gasteiger partial charge in [-0.05, 0) is 11.5 Å². The summed E-state index contributed by atoms with van der Waals surface area (Å²) in [5.74, 6) is 0.235. The van der Waals surface area contributed by atoms with Crippen LogP contribution < -0.4 is 0 Å². The third kappa shape index (κ3) is 1.65. The van der Waals surface area contributed by atoms with Gasteiger partial charge in [-0.2, -0.15) is 0 Å². The second kappa shape index (κ2) is 3.69. The van der Waals surface area contributed by atoms with Crippen LogP contribution in [0.3, 0.4) is 0 Å². The van der Waals surface area contributed by atoms with Crippen LogP contribution in [-0.2, 0) is 15.1 Å². The zero-order valence-corrected chi connectivity index (χ0v) is 9.19. The van der Waals surface area contributed by atoms with Gasteiger partial charge in [0, 0.05) is 12.8 Å². The predicted octanol–water partition coefficient (Wildman–Crippen LogP) is 2.87. The first-order valence-electron chi connectivity index (χ1n) is 5.42. The van der Waals surface area contributed by atoms with Crippen molar-refractivity contribution in [3.8, 4) is 0 Å². The molecular weight excluding hydrogens is 188 g/mol. The fraction of sp³-hybridized carbons (Fsp3) is 0.462. The number of cyclic esters (lactones) is 1. The maximum atomic E-state index is 11.3. The Bertz CT molecular complexity index is 356. The summed E-state index contributed by atoms with van der Waals surface area (Å²) in [5.41, 5.74) is 0.726. The Labute approximate surface area is 90.3 Å². The minimum Gasteiger partial charge on any atom is -0.454 e. The summed E-state index contributed by atoms with van der Waals surface area (Å²) >= 11 is 0. The zero-order valence-electron chi connectivity index (χ0n) is 9.19. The second-order valence-corrected chi connectivity index (χ2v) is 4.38. The van der Waals surface area contributed by atoms with E-state index in [2.05, 4.69) is 13.8 Å². The van der Waals surface area contributed by atoms with E-state index in [4.69, 9.17) is 4.74 Å². The number of hydrogen-bond acceptors (Lipinski definition) is 2. The molecule has 1 aliphatic heterocycles. The van der Waals surface area contributed by atoms with E-state index < -0.39 is 5.60 Å². The molecule has 1 aliphatic rings. The average molecular weight is 204 g/mol. The summed E-state index contributed by atoms with van der Waals surface area (Å²) in [4.78, 5) is 11.3. The summed E-state index contributed by atoms with van der Waals surface area (Å²) in [5, 5.41) is 0. The van der Waals surface area contributed by atoms with Crippen molar-refractivity contribution in [1.82, 2.24) is 0 Å². The van der Waals surface area contributed by atoms with Gasteiger partial charge in [0.2, 0.25) is 0 Å². The molecule has 0 aliphatic carbocycles. The van der Waals surface area contributed by atoms with E-state index in [0.717, 1.165) is 12.0 Å². The van der Waals surface area contributed by atoms with Crippen LogP contribution in [0.2, 0.25) is 0 Å². The predicted molar refractivity (Wildman–Crippen MR) is 58.3 cm³/mol. The highest BCUT2D eigenvalue weighted by molar-refractivity contribution is 5.72. The highest BCUT2D eigenvalue weighted by atomic mass is 16.6. The highest BCUT2D eigenvalue weighted by Crippen LogP contribution is 2.42. The molecule has 15 heavy (non-hydrogen) atoms. The first kappa shape index (κ1) is 10.2. The van der Waals surface area contributed by atoms with Crippen LogP contribution in [0.15, 0.2) is 30.3 Å². The van der Waals surface area contributed by atoms with Gasteiger partial charge >= 0.3 is 5.97 Å². The van der Waals surface area contributed by atoms with Crippen LogP contribution in [0.5, 0.6) is 0 Å². The van der Waals surface area contributed by atoms with Crippen LogP contribution in [-0.4, -0.2) is 5.97 Å². The molecule has 1 fully saturated rings. The monoisotopic (exact) mass is 204 g/mol. The second-order valence-electron chi connectivity index (χ2n) is 4.38. The van der Waals surface area contributed by atoms with Crippen molar-refractivity contribution in [2.75, 3.05) is 0 Å². The lowest BCUT2D eigenvalue weighted by Crippen LogP contribution is -2.31. The zero-order chi connectivity index (χ0) is 10.9. The van der Waals surface area contributed by atoms with Gasteiger partial charge in [-0.15, -0.1) is 0 Å². The first-order chi connectivity index (χ1) is 7.15. The summed E-state index contributed by atoms with van der Waals surface area (Å²) in [7, 11) is 0. The van der Waals surface area contributed by atoms with Gasteiger partial charge in [-0.3, -0.25) is 4.79 Å². The van der Waals surface area contributed by atoms with E-state index in [-0.39, 0.29) is 5.97 Å². The molecule has 2 rings (SSSR count). The maximum absolute atomic E-state index is 11.3. The fourth-order valence-corrected chi connectivity index (χ4v) is 2.26. The molecule has 1 saturated heterocycles. The topological polar surface area (TPSA) is 26.3 Å². The van der Waals surface area contributed by atoms with Crippen LogP contribution >= 0.6 is 0 Å². The largest absolute Gasteiger partial charge is 0.454 e. The molecule has 2 nitrogen and oxygen atoms in total. The number of rotatable bonds is 2. The first-order valence-corrected chi connectivity index (χ1v) is 5.42. The lowest BCUT2D eigenvalue weighted by atomic mass is 9.81. The third-order valence-electron chi connectivity index (χ3n) is 3.19. The number of carbonyl (C=O) groups excluding carboxylic acids is 1. The molecule has 0 spiro atoms. The van der Waals surface area contributed by atoms with Gasteiger partial charge in [0.25, 0.3) is 0 Å². The van der Waals surface area contributed by atoms with Crippen LogP contribution in [0, 0.1) is 5.92 Å². The Kier molecular flexibility index (Phi) is 2.51. The highest BCUT2D eigenvalue weighted by Gasteiger charge is 2.44. The van der Waals surface area contributed by atoms with Gasteiger partial charge in [-0.25, -0.2) is 0 Å². The van der Waals surface area contributed by atoms with E-state index in [0.29, 0.717) is 12.3 Å². The van der Waals surface area contributed by atoms with Crippen molar-refractivity contribution in [1.29, 1.82) is 0 Å². The summed E-state index contributed by atoms with van der Waals surface area (Å²) < 4.78 is 5.56. The van der Waals surface area contributed by atoms with Crippen LogP contribution in [0.4, 0.5) is 0 Å². The molecule has 80 valence electrons. The molecule has 1 atom stereocenters. The summed E-state index contributed by atoms with van der Waals surface area (Å²) in [6, 6.07) is 10.0. The Morgan fingerprint density at radius 1 is 1.27 bits per heavy atom. The Morgan fingerprint density at radius 2 is 1.93 bits per heavy atom. The molecule has 1 aromatic carbocycles. The van der Waals surface area contributed by atoms with Gasteiger partial charge in [0.05, 0.1) is 0 Å². The Morgan fingerprint density at radius 3 is 2.40 bits per heavy atom. The maximum Gasteiger partial charge on any atom is 0.306 e. The van der Waals surface area contributed by atoms with Crippen molar-refractivity contribution in [3.05, 3.63) is 35.9 Å². The molecule has 2 heteroatoms. The number of hydrogen-bond donors (Lipinski definition) is 0. The number of carbonyl (C=O) groups is 1. The van der Waals surface area contributed by atoms with E-state index >= 15 is 0 Å². The van der Waals surface area contributed by atoms with Crippen molar-refractivity contribution < 1.29 is 9.53 Å². The number of benzene rings is 1. The third-order valence-corrected chi connectivity index (χ3v) is 3.19.